The van der Waals surface area contributed by atoms with Crippen molar-refractivity contribution < 1.29 is 14.3 Å². The number of thiazole rings is 1. The molecule has 3 atom stereocenters. The molecule has 162 valence electrons. The van der Waals surface area contributed by atoms with Gasteiger partial charge in [0.1, 0.15) is 6.10 Å². The van der Waals surface area contributed by atoms with Crippen LogP contribution in [0, 0.1) is 12.8 Å². The molecule has 32 heavy (non-hydrogen) atoms. The molecule has 7 heteroatoms. The second-order valence-electron chi connectivity index (χ2n) is 8.75. The molecule has 6 rings (SSSR count). The van der Waals surface area contributed by atoms with Crippen molar-refractivity contribution >= 4 is 50.0 Å². The highest BCUT2D eigenvalue weighted by molar-refractivity contribution is 7.22. The number of hydrogen-bond donors (Lipinski definition) is 0. The lowest BCUT2D eigenvalue weighted by molar-refractivity contribution is -0.131. The molecule has 0 N–H and O–H groups in total. The van der Waals surface area contributed by atoms with Gasteiger partial charge in [-0.1, -0.05) is 47.6 Å². The fraction of sp³-hybridized carbons (Fsp3) is 0.320. The number of nitrogens with zero attached hydrogens (tertiary/aromatic N) is 2. The van der Waals surface area contributed by atoms with Crippen LogP contribution in [-0.2, 0) is 14.3 Å². The number of hydrogen-bond acceptors (Lipinski definition) is 5. The Labute approximate surface area is 194 Å². The monoisotopic (exact) mass is 464 g/mol. The van der Waals surface area contributed by atoms with E-state index in [9.17, 15) is 9.59 Å². The van der Waals surface area contributed by atoms with E-state index in [1.54, 1.807) is 11.0 Å². The number of rotatable bonds is 2. The number of Topliss-reactive ketones (excluding diaryl/α,β-unsaturated/α-hetero) is 1. The van der Waals surface area contributed by atoms with Crippen molar-refractivity contribution in [2.24, 2.45) is 5.92 Å². The van der Waals surface area contributed by atoms with Crippen molar-refractivity contribution in [3.63, 3.8) is 0 Å². The first-order valence-electron chi connectivity index (χ1n) is 10.9. The molecule has 3 unspecified atom stereocenters. The number of benzene rings is 2. The largest absolute Gasteiger partial charge is 0.483 e. The van der Waals surface area contributed by atoms with Gasteiger partial charge < -0.3 is 4.74 Å². The Hall–Kier alpha value is -2.70. The number of carbonyl (C=O) groups is 2. The van der Waals surface area contributed by atoms with Crippen LogP contribution < -0.4 is 4.90 Å². The van der Waals surface area contributed by atoms with Gasteiger partial charge in [0, 0.05) is 5.02 Å². The minimum Gasteiger partial charge on any atom is -0.483 e. The van der Waals surface area contributed by atoms with Crippen LogP contribution in [0.2, 0.25) is 5.02 Å². The topological polar surface area (TPSA) is 59.5 Å². The van der Waals surface area contributed by atoms with Gasteiger partial charge in [0.25, 0.3) is 5.91 Å². The number of halogens is 1. The fourth-order valence-corrected chi connectivity index (χ4v) is 6.45. The highest BCUT2D eigenvalue weighted by Gasteiger charge is 2.53. The van der Waals surface area contributed by atoms with Crippen LogP contribution in [0.15, 0.2) is 53.8 Å². The molecule has 1 aliphatic carbocycles. The molecule has 1 fully saturated rings. The van der Waals surface area contributed by atoms with E-state index in [-0.39, 0.29) is 29.5 Å². The maximum atomic E-state index is 13.7. The molecule has 1 amide bonds. The van der Waals surface area contributed by atoms with Gasteiger partial charge in [-0.15, -0.1) is 0 Å². The van der Waals surface area contributed by atoms with Crippen LogP contribution in [0.3, 0.4) is 0 Å². The van der Waals surface area contributed by atoms with Gasteiger partial charge in [-0.05, 0) is 61.6 Å². The number of aromatic nitrogens is 1. The predicted octanol–water partition coefficient (Wildman–Crippen LogP) is 5.76. The summed E-state index contributed by atoms with van der Waals surface area (Å²) in [6.45, 7) is 2.03. The minimum atomic E-state index is -0.590. The lowest BCUT2D eigenvalue weighted by Gasteiger charge is -2.35. The Morgan fingerprint density at radius 3 is 2.81 bits per heavy atom. The maximum absolute atomic E-state index is 13.7. The zero-order valence-electron chi connectivity index (χ0n) is 17.5. The van der Waals surface area contributed by atoms with E-state index in [0.717, 1.165) is 47.0 Å². The summed E-state index contributed by atoms with van der Waals surface area (Å²) >= 11 is 7.76. The lowest BCUT2D eigenvalue weighted by Crippen LogP contribution is -2.39. The number of fused-ring (bicyclic) bond motifs is 2. The molecule has 0 spiro atoms. The van der Waals surface area contributed by atoms with Gasteiger partial charge >= 0.3 is 0 Å². The van der Waals surface area contributed by atoms with Gasteiger partial charge in [0.05, 0.1) is 27.7 Å². The molecule has 2 aliphatic heterocycles. The van der Waals surface area contributed by atoms with Crippen LogP contribution in [0.5, 0.6) is 0 Å². The first-order valence-corrected chi connectivity index (χ1v) is 12.1. The van der Waals surface area contributed by atoms with Crippen molar-refractivity contribution in [2.75, 3.05) is 4.90 Å². The van der Waals surface area contributed by atoms with Crippen molar-refractivity contribution in [1.29, 1.82) is 0 Å². The molecule has 0 radical (unpaired) electrons. The Bertz CT molecular complexity index is 1310. The molecule has 2 aromatic carbocycles. The molecular weight excluding hydrogens is 444 g/mol. The molecule has 1 saturated carbocycles. The number of aryl methyl sites for hydroxylation is 1. The zero-order chi connectivity index (χ0) is 22.0. The summed E-state index contributed by atoms with van der Waals surface area (Å²) in [7, 11) is 0. The Morgan fingerprint density at radius 2 is 1.97 bits per heavy atom. The molecule has 3 aliphatic rings. The molecule has 5 nitrogen and oxygen atoms in total. The normalized spacial score (nSPS) is 25.2. The van der Waals surface area contributed by atoms with Gasteiger partial charge in [0.15, 0.2) is 16.7 Å². The summed E-state index contributed by atoms with van der Waals surface area (Å²) in [4.78, 5) is 33.8. The molecule has 0 bridgehead atoms. The predicted molar refractivity (Wildman–Crippen MR) is 125 cm³/mol. The molecule has 3 heterocycles. The Kier molecular flexibility index (Phi) is 4.63. The third-order valence-electron chi connectivity index (χ3n) is 6.67. The highest BCUT2D eigenvalue weighted by atomic mass is 35.5. The van der Waals surface area contributed by atoms with Crippen LogP contribution in [0.4, 0.5) is 5.13 Å². The molecule has 3 aromatic rings. The van der Waals surface area contributed by atoms with E-state index in [2.05, 4.69) is 6.07 Å². The maximum Gasteiger partial charge on any atom is 0.296 e. The molecule has 0 saturated heterocycles. The van der Waals surface area contributed by atoms with Crippen LogP contribution in [0.25, 0.3) is 10.2 Å². The summed E-state index contributed by atoms with van der Waals surface area (Å²) in [5.41, 5.74) is 3.21. The summed E-state index contributed by atoms with van der Waals surface area (Å²) in [5.74, 6) is -0.250. The summed E-state index contributed by atoms with van der Waals surface area (Å²) in [5, 5.41) is 1.12. The first kappa shape index (κ1) is 19.9. The Morgan fingerprint density at radius 1 is 1.12 bits per heavy atom. The lowest BCUT2D eigenvalue weighted by atomic mass is 9.77. The van der Waals surface area contributed by atoms with Crippen molar-refractivity contribution in [3.8, 4) is 0 Å². The van der Waals surface area contributed by atoms with E-state index in [4.69, 9.17) is 21.3 Å². The SMILES string of the molecule is Cc1ccc2nc(N3C(=O)C4=C(C(=O)C5CCCCC5O4)C3c3cccc(Cl)c3)sc2c1. The molecule has 1 aromatic heterocycles. The molecular formula is C25H21ClN2O3S. The number of ether oxygens (including phenoxy) is 1. The van der Waals surface area contributed by atoms with Crippen molar-refractivity contribution in [2.45, 2.75) is 44.8 Å². The van der Waals surface area contributed by atoms with Crippen molar-refractivity contribution in [1.82, 2.24) is 4.98 Å². The van der Waals surface area contributed by atoms with Crippen LogP contribution >= 0.6 is 22.9 Å². The van der Waals surface area contributed by atoms with E-state index >= 15 is 0 Å². The van der Waals surface area contributed by atoms with E-state index in [1.165, 1.54) is 11.3 Å². The average molecular weight is 465 g/mol. The van der Waals surface area contributed by atoms with E-state index < -0.39 is 6.04 Å². The standard InChI is InChI=1S/C25H21ClN2O3S/c1-13-9-10-17-19(11-13)32-25(27-17)28-21(14-5-4-6-15(26)12-14)20-22(29)16-7-2-3-8-18(16)31-23(20)24(28)30/h4-6,9-12,16,18,21H,2-3,7-8H2,1H3. The number of amides is 1. The van der Waals surface area contributed by atoms with Gasteiger partial charge in [-0.25, -0.2) is 4.98 Å². The smallest absolute Gasteiger partial charge is 0.296 e. The van der Waals surface area contributed by atoms with Crippen LogP contribution in [-0.4, -0.2) is 22.8 Å². The minimum absolute atomic E-state index is 0.0359. The second-order valence-corrected chi connectivity index (χ2v) is 10.2. The van der Waals surface area contributed by atoms with Gasteiger partial charge in [-0.3, -0.25) is 14.5 Å². The van der Waals surface area contributed by atoms with Crippen LogP contribution in [0.1, 0.15) is 42.9 Å². The highest BCUT2D eigenvalue weighted by Crippen LogP contribution is 2.49. The quantitative estimate of drug-likeness (QED) is 0.484. The fourth-order valence-electron chi connectivity index (χ4n) is 5.16. The second kappa shape index (κ2) is 7.42. The zero-order valence-corrected chi connectivity index (χ0v) is 19.1. The average Bonchev–Trinajstić information content (AvgIpc) is 3.32. The van der Waals surface area contributed by atoms with E-state index in [1.807, 2.05) is 37.3 Å². The Balaban J connectivity index is 1.52. The number of carbonyl (C=O) groups excluding carboxylic acids is 2. The van der Waals surface area contributed by atoms with Gasteiger partial charge in [0.2, 0.25) is 0 Å². The number of ketones is 1. The number of anilines is 1. The third kappa shape index (κ3) is 3.00. The van der Waals surface area contributed by atoms with E-state index in [0.29, 0.717) is 15.7 Å². The summed E-state index contributed by atoms with van der Waals surface area (Å²) in [6.07, 6.45) is 3.43. The third-order valence-corrected chi connectivity index (χ3v) is 7.92. The first-order chi connectivity index (χ1) is 15.5. The van der Waals surface area contributed by atoms with Gasteiger partial charge in [-0.2, -0.15) is 0 Å². The van der Waals surface area contributed by atoms with Crippen molar-refractivity contribution in [3.05, 3.63) is 69.9 Å². The summed E-state index contributed by atoms with van der Waals surface area (Å²) in [6, 6.07) is 12.8. The summed E-state index contributed by atoms with van der Waals surface area (Å²) < 4.78 is 7.24.